The fourth-order valence-electron chi connectivity index (χ4n) is 2.97. The number of rotatable bonds is 11. The third-order valence-corrected chi connectivity index (χ3v) is 6.95. The highest BCUT2D eigenvalue weighted by atomic mass is 35.5. The zero-order valence-electron chi connectivity index (χ0n) is 18.1. The summed E-state index contributed by atoms with van der Waals surface area (Å²) in [6, 6.07) is 23.4. The first-order valence-corrected chi connectivity index (χ1v) is 13.6. The quantitative estimate of drug-likeness (QED) is 0.374. The van der Waals surface area contributed by atoms with Crippen molar-refractivity contribution in [2.45, 2.75) is 5.75 Å². The largest absolute Gasteiger partial charge is 0.455 e. The summed E-state index contributed by atoms with van der Waals surface area (Å²) in [6.07, 6.45) is 1.07. The van der Waals surface area contributed by atoms with Gasteiger partial charge in [0.15, 0.2) is 5.75 Å². The van der Waals surface area contributed by atoms with E-state index in [4.69, 9.17) is 16.3 Å². The van der Waals surface area contributed by atoms with Gasteiger partial charge in [-0.15, -0.1) is 0 Å². The van der Waals surface area contributed by atoms with Crippen LogP contribution in [-0.2, 0) is 20.6 Å². The maximum atomic E-state index is 12.5. The molecule has 0 aliphatic carbocycles. The highest BCUT2D eigenvalue weighted by Gasteiger charge is 2.24. The summed E-state index contributed by atoms with van der Waals surface area (Å²) >= 11 is 7.56. The molecule has 33 heavy (non-hydrogen) atoms. The van der Waals surface area contributed by atoms with Crippen LogP contribution < -0.4 is 14.4 Å². The van der Waals surface area contributed by atoms with E-state index < -0.39 is 10.0 Å². The number of anilines is 1. The number of nitrogens with one attached hydrogen (secondary N) is 1. The van der Waals surface area contributed by atoms with Crippen molar-refractivity contribution in [1.29, 1.82) is 0 Å². The Morgan fingerprint density at radius 3 is 2.36 bits per heavy atom. The number of thioether (sulfide) groups is 1. The first kappa shape index (κ1) is 25.0. The van der Waals surface area contributed by atoms with Crippen LogP contribution in [0.2, 0.25) is 5.02 Å². The van der Waals surface area contributed by atoms with Crippen LogP contribution in [0.4, 0.5) is 5.69 Å². The van der Waals surface area contributed by atoms with Gasteiger partial charge in [0.2, 0.25) is 15.9 Å². The van der Waals surface area contributed by atoms with E-state index in [1.807, 2.05) is 42.5 Å². The molecule has 0 heterocycles. The minimum Gasteiger partial charge on any atom is -0.455 e. The lowest BCUT2D eigenvalue weighted by molar-refractivity contribution is -0.119. The van der Waals surface area contributed by atoms with Crippen molar-refractivity contribution in [3.63, 3.8) is 0 Å². The minimum absolute atomic E-state index is 0.302. The topological polar surface area (TPSA) is 75.7 Å². The minimum atomic E-state index is -3.73. The number of carbonyl (C=O) groups excluding carboxylic acids is 1. The molecule has 0 spiro atoms. The van der Waals surface area contributed by atoms with Gasteiger partial charge in [-0.05, 0) is 42.0 Å². The second kappa shape index (κ2) is 12.0. The maximum absolute atomic E-state index is 12.5. The molecule has 0 aliphatic heterocycles. The van der Waals surface area contributed by atoms with Crippen molar-refractivity contribution in [2.24, 2.45) is 0 Å². The fourth-order valence-corrected chi connectivity index (χ4v) is 4.77. The van der Waals surface area contributed by atoms with Gasteiger partial charge in [0.05, 0.1) is 11.9 Å². The van der Waals surface area contributed by atoms with E-state index >= 15 is 0 Å². The number of carbonyl (C=O) groups is 1. The second-order valence-electron chi connectivity index (χ2n) is 7.18. The average Bonchev–Trinajstić information content (AvgIpc) is 2.79. The number of amides is 1. The zero-order valence-corrected chi connectivity index (χ0v) is 20.5. The second-order valence-corrected chi connectivity index (χ2v) is 10.6. The molecule has 0 aliphatic rings. The van der Waals surface area contributed by atoms with E-state index in [0.29, 0.717) is 34.5 Å². The van der Waals surface area contributed by atoms with Crippen LogP contribution in [-0.4, -0.2) is 39.4 Å². The molecular formula is C24H25ClN2O4S2. The van der Waals surface area contributed by atoms with E-state index in [1.165, 1.54) is 0 Å². The number of para-hydroxylation sites is 3. The summed E-state index contributed by atoms with van der Waals surface area (Å²) in [5, 5.41) is 3.49. The molecule has 3 aromatic rings. The van der Waals surface area contributed by atoms with E-state index in [0.717, 1.165) is 21.9 Å². The molecule has 1 N–H and O–H groups in total. The zero-order chi connectivity index (χ0) is 23.7. The Bertz CT molecular complexity index is 1160. The Kier molecular flexibility index (Phi) is 9.05. The molecule has 3 rings (SSSR count). The molecule has 0 unspecified atom stereocenters. The fraction of sp³-hybridized carbons (Fsp3) is 0.208. The van der Waals surface area contributed by atoms with E-state index in [1.54, 1.807) is 48.2 Å². The summed E-state index contributed by atoms with van der Waals surface area (Å²) in [7, 11) is -3.73. The molecule has 3 aromatic carbocycles. The molecule has 1 amide bonds. The average molecular weight is 505 g/mol. The smallest absolute Gasteiger partial charge is 0.240 e. The van der Waals surface area contributed by atoms with Gasteiger partial charge < -0.3 is 10.1 Å². The van der Waals surface area contributed by atoms with E-state index in [2.05, 4.69) is 5.32 Å². The van der Waals surface area contributed by atoms with Crippen LogP contribution in [0.5, 0.6) is 11.5 Å². The third kappa shape index (κ3) is 7.99. The lowest BCUT2D eigenvalue weighted by atomic mass is 10.2. The van der Waals surface area contributed by atoms with Gasteiger partial charge in [-0.1, -0.05) is 54.1 Å². The predicted molar refractivity (Wildman–Crippen MR) is 136 cm³/mol. The summed E-state index contributed by atoms with van der Waals surface area (Å²) in [6.45, 7) is 0.0900. The van der Waals surface area contributed by atoms with Crippen LogP contribution in [0.1, 0.15) is 5.56 Å². The number of hydrogen-bond donors (Lipinski definition) is 1. The van der Waals surface area contributed by atoms with Crippen molar-refractivity contribution in [3.05, 3.63) is 89.4 Å². The van der Waals surface area contributed by atoms with Crippen molar-refractivity contribution in [2.75, 3.05) is 29.4 Å². The Morgan fingerprint density at radius 2 is 1.67 bits per heavy atom. The molecule has 0 bridgehead atoms. The summed E-state index contributed by atoms with van der Waals surface area (Å²) in [5.41, 5.74) is 1.45. The summed E-state index contributed by atoms with van der Waals surface area (Å²) in [5.74, 6) is 2.02. The summed E-state index contributed by atoms with van der Waals surface area (Å²) < 4.78 is 31.9. The lowest BCUT2D eigenvalue weighted by Crippen LogP contribution is -2.41. The molecule has 0 atom stereocenters. The van der Waals surface area contributed by atoms with Crippen molar-refractivity contribution in [3.8, 4) is 11.5 Å². The number of benzene rings is 3. The van der Waals surface area contributed by atoms with Crippen molar-refractivity contribution < 1.29 is 17.9 Å². The maximum Gasteiger partial charge on any atom is 0.240 e. The Balaban J connectivity index is 1.58. The van der Waals surface area contributed by atoms with Crippen LogP contribution in [0, 0.1) is 0 Å². The SMILES string of the molecule is CS(=O)(=O)N(CC(=O)NCCSCc1ccc(Cl)cc1)c1ccccc1Oc1ccccc1. The normalized spacial score (nSPS) is 11.1. The van der Waals surface area contributed by atoms with Gasteiger partial charge in [-0.3, -0.25) is 9.10 Å². The molecule has 0 radical (unpaired) electrons. The van der Waals surface area contributed by atoms with Gasteiger partial charge in [-0.2, -0.15) is 11.8 Å². The molecule has 0 aromatic heterocycles. The number of sulfonamides is 1. The van der Waals surface area contributed by atoms with Gasteiger partial charge in [0, 0.05) is 23.1 Å². The molecule has 6 nitrogen and oxygen atoms in total. The molecule has 0 saturated heterocycles. The van der Waals surface area contributed by atoms with Crippen LogP contribution in [0.3, 0.4) is 0 Å². The Morgan fingerprint density at radius 1 is 1.00 bits per heavy atom. The van der Waals surface area contributed by atoms with Crippen LogP contribution in [0.25, 0.3) is 0 Å². The van der Waals surface area contributed by atoms with Gasteiger partial charge in [0.25, 0.3) is 0 Å². The standard InChI is InChI=1S/C24H25ClN2O4S2/c1-33(29,30)27(22-9-5-6-10-23(22)31-21-7-3-2-4-8-21)17-24(28)26-15-16-32-18-19-11-13-20(25)14-12-19/h2-14H,15-18H2,1H3,(H,26,28). The highest BCUT2D eigenvalue weighted by molar-refractivity contribution is 7.98. The first-order valence-electron chi connectivity index (χ1n) is 10.2. The molecular weight excluding hydrogens is 480 g/mol. The van der Waals surface area contributed by atoms with Gasteiger partial charge in [-0.25, -0.2) is 8.42 Å². The number of nitrogens with zero attached hydrogens (tertiary/aromatic N) is 1. The predicted octanol–water partition coefficient (Wildman–Crippen LogP) is 4.95. The van der Waals surface area contributed by atoms with Gasteiger partial charge >= 0.3 is 0 Å². The number of ether oxygens (including phenoxy) is 1. The van der Waals surface area contributed by atoms with E-state index in [-0.39, 0.29) is 12.5 Å². The lowest BCUT2D eigenvalue weighted by Gasteiger charge is -2.24. The summed E-state index contributed by atoms with van der Waals surface area (Å²) in [4.78, 5) is 12.5. The first-order chi connectivity index (χ1) is 15.8. The molecule has 9 heteroatoms. The highest BCUT2D eigenvalue weighted by Crippen LogP contribution is 2.33. The van der Waals surface area contributed by atoms with Crippen molar-refractivity contribution in [1.82, 2.24) is 5.32 Å². The number of halogens is 1. The van der Waals surface area contributed by atoms with Crippen LogP contribution in [0.15, 0.2) is 78.9 Å². The third-order valence-electron chi connectivity index (χ3n) is 4.54. The van der Waals surface area contributed by atoms with Gasteiger partial charge in [0.1, 0.15) is 12.3 Å². The molecule has 174 valence electrons. The molecule has 0 fully saturated rings. The Labute approximate surface area is 204 Å². The van der Waals surface area contributed by atoms with E-state index in [9.17, 15) is 13.2 Å². The Hall–Kier alpha value is -2.68. The van der Waals surface area contributed by atoms with Crippen LogP contribution >= 0.6 is 23.4 Å². The molecule has 0 saturated carbocycles. The van der Waals surface area contributed by atoms with Crippen molar-refractivity contribution >= 4 is 45.0 Å². The monoisotopic (exact) mass is 504 g/mol. The number of hydrogen-bond acceptors (Lipinski definition) is 5.